The van der Waals surface area contributed by atoms with Crippen LogP contribution < -0.4 is 5.01 Å². The van der Waals surface area contributed by atoms with Crippen LogP contribution in [0.15, 0.2) is 71.8 Å². The molecule has 3 aromatic carbocycles. The first-order valence-corrected chi connectivity index (χ1v) is 10.8. The first-order chi connectivity index (χ1) is 14.9. The molecule has 7 nitrogen and oxygen atoms in total. The Morgan fingerprint density at radius 1 is 1.16 bits per heavy atom. The van der Waals surface area contributed by atoms with Crippen molar-refractivity contribution in [2.45, 2.75) is 0 Å². The van der Waals surface area contributed by atoms with Gasteiger partial charge in [0.2, 0.25) is 5.13 Å². The molecule has 1 heterocycles. The third-order valence-corrected chi connectivity index (χ3v) is 6.18. The summed E-state index contributed by atoms with van der Waals surface area (Å²) in [7, 11) is 0. The Bertz CT molecular complexity index is 1320. The molecular weight excluding hydrogens is 534 g/mol. The molecule has 0 aliphatic carbocycles. The van der Waals surface area contributed by atoms with Gasteiger partial charge < -0.3 is 0 Å². The minimum Gasteiger partial charge on any atom is -0.267 e. The Morgan fingerprint density at radius 2 is 1.90 bits per heavy atom. The maximum Gasteiger partial charge on any atom is 0.281 e. The molecule has 0 N–H and O–H groups in total. The van der Waals surface area contributed by atoms with Crippen LogP contribution in [0.25, 0.3) is 10.2 Å². The molecule has 4 rings (SSSR count). The molecule has 0 saturated carbocycles. The molecule has 1 aromatic heterocycles. The lowest BCUT2D eigenvalue weighted by Crippen LogP contribution is -2.26. The molecular formula is C21H12FIN4O3S. The molecule has 0 atom stereocenters. The Morgan fingerprint density at radius 3 is 2.61 bits per heavy atom. The normalized spacial score (nSPS) is 11.2. The summed E-state index contributed by atoms with van der Waals surface area (Å²) in [5.74, 6) is -0.796. The number of fused-ring (bicyclic) bond motifs is 1. The molecule has 4 aromatic rings. The number of amides is 1. The molecule has 0 unspecified atom stereocenters. The molecule has 0 bridgehead atoms. The third kappa shape index (κ3) is 4.59. The lowest BCUT2D eigenvalue weighted by atomic mass is 10.2. The minimum absolute atomic E-state index is 0.0443. The van der Waals surface area contributed by atoms with Gasteiger partial charge in [-0.3, -0.25) is 14.9 Å². The Balaban J connectivity index is 1.75. The highest BCUT2D eigenvalue weighted by atomic mass is 127. The number of halogens is 2. The highest BCUT2D eigenvalue weighted by Crippen LogP contribution is 2.31. The number of hydrogen-bond donors (Lipinski definition) is 0. The monoisotopic (exact) mass is 546 g/mol. The lowest BCUT2D eigenvalue weighted by Gasteiger charge is -2.14. The Kier molecular flexibility index (Phi) is 6.00. The molecule has 154 valence electrons. The van der Waals surface area contributed by atoms with Crippen molar-refractivity contribution in [2.24, 2.45) is 5.10 Å². The summed E-state index contributed by atoms with van der Waals surface area (Å²) in [5.41, 5.74) is 1.51. The van der Waals surface area contributed by atoms with Crippen LogP contribution >= 0.6 is 33.9 Å². The van der Waals surface area contributed by atoms with Gasteiger partial charge >= 0.3 is 0 Å². The van der Waals surface area contributed by atoms with Crippen LogP contribution in [-0.4, -0.2) is 22.0 Å². The molecule has 0 fully saturated rings. The maximum absolute atomic E-state index is 13.6. The van der Waals surface area contributed by atoms with Gasteiger partial charge in [0, 0.05) is 15.7 Å². The molecule has 0 saturated heterocycles. The second-order valence-corrected chi connectivity index (χ2v) is 8.47. The number of carbonyl (C=O) groups excluding carboxylic acids is 1. The van der Waals surface area contributed by atoms with E-state index in [1.807, 2.05) is 6.07 Å². The van der Waals surface area contributed by atoms with Gasteiger partial charge in [0.1, 0.15) is 5.82 Å². The van der Waals surface area contributed by atoms with Crippen molar-refractivity contribution in [1.82, 2.24) is 4.98 Å². The van der Waals surface area contributed by atoms with E-state index in [1.54, 1.807) is 24.3 Å². The zero-order valence-electron chi connectivity index (χ0n) is 15.6. The van der Waals surface area contributed by atoms with Crippen LogP contribution in [-0.2, 0) is 0 Å². The quantitative estimate of drug-likeness (QED) is 0.141. The number of rotatable bonds is 5. The van der Waals surface area contributed by atoms with Crippen molar-refractivity contribution in [2.75, 3.05) is 5.01 Å². The van der Waals surface area contributed by atoms with Crippen LogP contribution in [0.1, 0.15) is 15.9 Å². The van der Waals surface area contributed by atoms with Gasteiger partial charge in [-0.25, -0.2) is 9.37 Å². The van der Waals surface area contributed by atoms with Gasteiger partial charge in [0.25, 0.3) is 11.6 Å². The topological polar surface area (TPSA) is 88.7 Å². The number of hydrogen-bond acceptors (Lipinski definition) is 6. The van der Waals surface area contributed by atoms with E-state index in [-0.39, 0.29) is 10.8 Å². The number of aromatic nitrogens is 1. The Hall–Kier alpha value is -3.25. The SMILES string of the molecule is O=C(c1ccccc1I)N(/N=C/c1ccc([N+](=O)[O-])cc1)c1nc2ccc(F)cc2s1. The molecule has 31 heavy (non-hydrogen) atoms. The second kappa shape index (κ2) is 8.86. The maximum atomic E-state index is 13.6. The summed E-state index contributed by atoms with van der Waals surface area (Å²) in [6, 6.07) is 17.0. The van der Waals surface area contributed by atoms with E-state index in [2.05, 4.69) is 32.7 Å². The molecule has 1 amide bonds. The fourth-order valence-electron chi connectivity index (χ4n) is 2.72. The molecule has 0 aliphatic rings. The van der Waals surface area contributed by atoms with E-state index in [0.29, 0.717) is 21.3 Å². The summed E-state index contributed by atoms with van der Waals surface area (Å²) in [4.78, 5) is 28.1. The summed E-state index contributed by atoms with van der Waals surface area (Å²) in [6.45, 7) is 0. The number of carbonyl (C=O) groups is 1. The van der Waals surface area contributed by atoms with E-state index in [9.17, 15) is 19.3 Å². The Labute approximate surface area is 193 Å². The average molecular weight is 546 g/mol. The summed E-state index contributed by atoms with van der Waals surface area (Å²) < 4.78 is 14.9. The zero-order valence-corrected chi connectivity index (χ0v) is 18.6. The smallest absolute Gasteiger partial charge is 0.267 e. The fourth-order valence-corrected chi connectivity index (χ4v) is 4.29. The zero-order chi connectivity index (χ0) is 22.0. The number of nitrogens with zero attached hydrogens (tertiary/aromatic N) is 4. The van der Waals surface area contributed by atoms with Crippen LogP contribution in [0.4, 0.5) is 15.2 Å². The summed E-state index contributed by atoms with van der Waals surface area (Å²) in [6.07, 6.45) is 1.42. The molecule has 0 aliphatic heterocycles. The highest BCUT2D eigenvalue weighted by Gasteiger charge is 2.22. The van der Waals surface area contributed by atoms with Gasteiger partial charge in [-0.15, -0.1) is 0 Å². The van der Waals surface area contributed by atoms with E-state index in [0.717, 1.165) is 19.9 Å². The number of hydrazone groups is 1. The third-order valence-electron chi connectivity index (χ3n) is 4.24. The predicted molar refractivity (Wildman–Crippen MR) is 126 cm³/mol. The second-order valence-electron chi connectivity index (χ2n) is 6.30. The van der Waals surface area contributed by atoms with Crippen LogP contribution in [0.2, 0.25) is 0 Å². The van der Waals surface area contributed by atoms with Gasteiger partial charge in [0.05, 0.1) is 26.9 Å². The van der Waals surface area contributed by atoms with Crippen molar-refractivity contribution in [3.8, 4) is 0 Å². The van der Waals surface area contributed by atoms with Crippen molar-refractivity contribution in [1.29, 1.82) is 0 Å². The number of nitro benzene ring substituents is 1. The molecule has 0 spiro atoms. The first kappa shape index (κ1) is 21.0. The van der Waals surface area contributed by atoms with E-state index >= 15 is 0 Å². The molecule has 10 heteroatoms. The van der Waals surface area contributed by atoms with E-state index in [1.165, 1.54) is 42.6 Å². The highest BCUT2D eigenvalue weighted by molar-refractivity contribution is 14.1. The fraction of sp³-hybridized carbons (Fsp3) is 0. The predicted octanol–water partition coefficient (Wildman–Crippen LogP) is 5.63. The van der Waals surface area contributed by atoms with Crippen molar-refractivity contribution >= 4 is 67.1 Å². The number of anilines is 1. The van der Waals surface area contributed by atoms with E-state index < -0.39 is 16.6 Å². The number of thiazole rings is 1. The van der Waals surface area contributed by atoms with Crippen LogP contribution in [0, 0.1) is 19.5 Å². The number of nitro groups is 1. The van der Waals surface area contributed by atoms with Gasteiger partial charge in [-0.05, 0) is 70.6 Å². The van der Waals surface area contributed by atoms with Crippen molar-refractivity contribution < 1.29 is 14.1 Å². The number of non-ortho nitro benzene ring substituents is 1. The number of benzene rings is 3. The largest absolute Gasteiger partial charge is 0.281 e. The van der Waals surface area contributed by atoms with Gasteiger partial charge in [-0.1, -0.05) is 23.5 Å². The summed E-state index contributed by atoms with van der Waals surface area (Å²) >= 11 is 3.21. The average Bonchev–Trinajstić information content (AvgIpc) is 3.17. The van der Waals surface area contributed by atoms with Crippen molar-refractivity contribution in [3.63, 3.8) is 0 Å². The summed E-state index contributed by atoms with van der Waals surface area (Å²) in [5, 5.41) is 16.6. The van der Waals surface area contributed by atoms with Gasteiger partial charge in [-0.2, -0.15) is 10.1 Å². The lowest BCUT2D eigenvalue weighted by molar-refractivity contribution is -0.384. The van der Waals surface area contributed by atoms with Crippen molar-refractivity contribution in [3.05, 3.63) is 97.4 Å². The first-order valence-electron chi connectivity index (χ1n) is 8.86. The standard InChI is InChI=1S/C21H12FIN4O3S/c22-14-7-10-18-19(11-14)31-21(25-18)26(20(28)16-3-1-2-4-17(16)23)24-12-13-5-8-15(9-6-13)27(29)30/h1-12H/b24-12+. The van der Waals surface area contributed by atoms with Crippen LogP contribution in [0.3, 0.4) is 0 Å². The van der Waals surface area contributed by atoms with Gasteiger partial charge in [0.15, 0.2) is 0 Å². The van der Waals surface area contributed by atoms with E-state index in [4.69, 9.17) is 0 Å². The van der Waals surface area contributed by atoms with Crippen LogP contribution in [0.5, 0.6) is 0 Å². The molecule has 0 radical (unpaired) electrons. The minimum atomic E-state index is -0.492.